The number of aromatic nitrogens is 1. The van der Waals surface area contributed by atoms with Crippen molar-refractivity contribution in [3.05, 3.63) is 53.2 Å². The van der Waals surface area contributed by atoms with Crippen LogP contribution in [0.3, 0.4) is 0 Å². The lowest BCUT2D eigenvalue weighted by Crippen LogP contribution is -2.12. The molecular weight excluding hydrogens is 250 g/mol. The molecular formula is C13H12ClN3O. The molecule has 1 heterocycles. The average Bonchev–Trinajstić information content (AvgIpc) is 2.40. The highest BCUT2D eigenvalue weighted by atomic mass is 35.5. The Morgan fingerprint density at radius 1 is 1.33 bits per heavy atom. The number of anilines is 1. The monoisotopic (exact) mass is 261 g/mol. The Morgan fingerprint density at radius 2 is 2.06 bits per heavy atom. The van der Waals surface area contributed by atoms with Gasteiger partial charge in [0.1, 0.15) is 11.5 Å². The third kappa shape index (κ3) is 2.78. The van der Waals surface area contributed by atoms with Crippen LogP contribution < -0.4 is 10.1 Å². The summed E-state index contributed by atoms with van der Waals surface area (Å²) in [5, 5.41) is 11.4. The summed E-state index contributed by atoms with van der Waals surface area (Å²) >= 11 is 5.87. The molecule has 0 saturated carbocycles. The number of amidine groups is 1. The predicted octanol–water partition coefficient (Wildman–Crippen LogP) is 3.18. The van der Waals surface area contributed by atoms with Gasteiger partial charge in [0.15, 0.2) is 0 Å². The first-order valence-corrected chi connectivity index (χ1v) is 5.69. The van der Waals surface area contributed by atoms with Gasteiger partial charge in [-0.3, -0.25) is 5.41 Å². The van der Waals surface area contributed by atoms with Gasteiger partial charge in [-0.05, 0) is 6.07 Å². The maximum Gasteiger partial charge on any atom is 0.237 e. The van der Waals surface area contributed by atoms with Gasteiger partial charge in [0.05, 0.1) is 12.1 Å². The van der Waals surface area contributed by atoms with E-state index >= 15 is 0 Å². The Kier molecular flexibility index (Phi) is 3.79. The number of hydrogen-bond donors (Lipinski definition) is 2. The molecule has 0 aliphatic heterocycles. The van der Waals surface area contributed by atoms with Crippen molar-refractivity contribution in [2.45, 2.75) is 0 Å². The predicted molar refractivity (Wildman–Crippen MR) is 72.7 cm³/mol. The third-order valence-electron chi connectivity index (χ3n) is 2.33. The van der Waals surface area contributed by atoms with Gasteiger partial charge in [0.25, 0.3) is 0 Å². The first-order valence-electron chi connectivity index (χ1n) is 5.31. The molecule has 18 heavy (non-hydrogen) atoms. The van der Waals surface area contributed by atoms with Crippen molar-refractivity contribution >= 4 is 23.1 Å². The number of rotatable bonds is 3. The lowest BCUT2D eigenvalue weighted by Gasteiger charge is -2.11. The van der Waals surface area contributed by atoms with Crippen LogP contribution in [-0.4, -0.2) is 17.9 Å². The summed E-state index contributed by atoms with van der Waals surface area (Å²) in [7, 11) is 1.52. The molecule has 0 aliphatic rings. The molecule has 0 atom stereocenters. The van der Waals surface area contributed by atoms with Crippen molar-refractivity contribution < 1.29 is 4.74 Å². The van der Waals surface area contributed by atoms with Crippen LogP contribution in [0.4, 0.5) is 5.69 Å². The second-order valence-corrected chi connectivity index (χ2v) is 4.01. The Morgan fingerprint density at radius 3 is 2.72 bits per heavy atom. The van der Waals surface area contributed by atoms with Crippen molar-refractivity contribution in [1.29, 1.82) is 5.41 Å². The summed E-state index contributed by atoms with van der Waals surface area (Å²) in [6.45, 7) is 0. The van der Waals surface area contributed by atoms with E-state index < -0.39 is 0 Å². The molecule has 2 aromatic rings. The van der Waals surface area contributed by atoms with Crippen LogP contribution in [0.25, 0.3) is 0 Å². The normalized spacial score (nSPS) is 9.89. The molecule has 0 radical (unpaired) electrons. The molecule has 0 aliphatic carbocycles. The number of nitrogens with one attached hydrogen (secondary N) is 2. The molecule has 0 fully saturated rings. The minimum absolute atomic E-state index is 0.262. The minimum atomic E-state index is 0.262. The molecule has 0 bridgehead atoms. The zero-order chi connectivity index (χ0) is 13.0. The molecule has 0 amide bonds. The van der Waals surface area contributed by atoms with Crippen LogP contribution in [0.2, 0.25) is 5.02 Å². The van der Waals surface area contributed by atoms with Gasteiger partial charge in [0.2, 0.25) is 5.88 Å². The highest BCUT2D eigenvalue weighted by molar-refractivity contribution is 6.30. The topological polar surface area (TPSA) is 58.0 Å². The molecule has 5 heteroatoms. The van der Waals surface area contributed by atoms with Crippen LogP contribution in [0.1, 0.15) is 5.56 Å². The lowest BCUT2D eigenvalue weighted by molar-refractivity contribution is 0.400. The van der Waals surface area contributed by atoms with E-state index in [1.165, 1.54) is 13.3 Å². The minimum Gasteiger partial charge on any atom is -0.480 e. The third-order valence-corrected chi connectivity index (χ3v) is 2.54. The summed E-state index contributed by atoms with van der Waals surface area (Å²) in [6.07, 6.45) is 1.50. The number of methoxy groups -OCH3 is 1. The molecule has 92 valence electrons. The molecule has 0 spiro atoms. The molecule has 4 nitrogen and oxygen atoms in total. The van der Waals surface area contributed by atoms with E-state index in [1.54, 1.807) is 6.07 Å². The number of ether oxygens (including phenoxy) is 1. The number of hydrogen-bond acceptors (Lipinski definition) is 3. The van der Waals surface area contributed by atoms with E-state index in [2.05, 4.69) is 10.3 Å². The maximum atomic E-state index is 7.97. The smallest absolute Gasteiger partial charge is 0.237 e. The summed E-state index contributed by atoms with van der Waals surface area (Å²) in [5.74, 6) is 0.665. The summed E-state index contributed by atoms with van der Waals surface area (Å²) in [5.41, 5.74) is 1.35. The highest BCUT2D eigenvalue weighted by Crippen LogP contribution is 2.25. The Bertz CT molecular complexity index is 557. The van der Waals surface area contributed by atoms with Gasteiger partial charge in [-0.15, -0.1) is 0 Å². The van der Waals surface area contributed by atoms with E-state index in [4.69, 9.17) is 21.7 Å². The zero-order valence-electron chi connectivity index (χ0n) is 9.77. The van der Waals surface area contributed by atoms with Crippen LogP contribution in [0, 0.1) is 5.41 Å². The van der Waals surface area contributed by atoms with E-state index in [9.17, 15) is 0 Å². The first kappa shape index (κ1) is 12.4. The van der Waals surface area contributed by atoms with Gasteiger partial charge < -0.3 is 10.1 Å². The average molecular weight is 262 g/mol. The molecule has 2 N–H and O–H groups in total. The van der Waals surface area contributed by atoms with Gasteiger partial charge in [-0.2, -0.15) is 0 Å². The van der Waals surface area contributed by atoms with E-state index in [-0.39, 0.29) is 5.84 Å². The second-order valence-electron chi connectivity index (χ2n) is 3.58. The Balaban J connectivity index is 2.24. The van der Waals surface area contributed by atoms with Crippen LogP contribution in [0.5, 0.6) is 5.88 Å². The number of benzene rings is 1. The fourth-order valence-corrected chi connectivity index (χ4v) is 1.65. The summed E-state index contributed by atoms with van der Waals surface area (Å²) < 4.78 is 5.11. The number of halogens is 1. The summed E-state index contributed by atoms with van der Waals surface area (Å²) in [6, 6.07) is 11.0. The van der Waals surface area contributed by atoms with Crippen LogP contribution in [-0.2, 0) is 0 Å². The van der Waals surface area contributed by atoms with Crippen molar-refractivity contribution in [1.82, 2.24) is 4.98 Å². The van der Waals surface area contributed by atoms with E-state index in [1.807, 2.05) is 30.3 Å². The number of pyridine rings is 1. The van der Waals surface area contributed by atoms with Crippen molar-refractivity contribution in [3.63, 3.8) is 0 Å². The SMILES string of the molecule is COc1ncc(Cl)cc1NC(=N)c1ccccc1. The van der Waals surface area contributed by atoms with Gasteiger partial charge >= 0.3 is 0 Å². The molecule has 2 rings (SSSR count). The largest absolute Gasteiger partial charge is 0.480 e. The number of nitrogens with zero attached hydrogens (tertiary/aromatic N) is 1. The standard InChI is InChI=1S/C13H12ClN3O/c1-18-13-11(7-10(14)8-16-13)17-12(15)9-5-3-2-4-6-9/h2-8H,1H3,(H2,15,17). The van der Waals surface area contributed by atoms with Gasteiger partial charge in [-0.25, -0.2) is 4.98 Å². The summed E-state index contributed by atoms with van der Waals surface area (Å²) in [4.78, 5) is 4.03. The van der Waals surface area contributed by atoms with Gasteiger partial charge in [0, 0.05) is 11.8 Å². The Hall–Kier alpha value is -2.07. The fraction of sp³-hybridized carbons (Fsp3) is 0.0769. The second kappa shape index (κ2) is 5.51. The molecule has 0 saturated heterocycles. The zero-order valence-corrected chi connectivity index (χ0v) is 10.5. The van der Waals surface area contributed by atoms with Crippen LogP contribution in [0.15, 0.2) is 42.6 Å². The van der Waals surface area contributed by atoms with Crippen LogP contribution >= 0.6 is 11.6 Å². The van der Waals surface area contributed by atoms with E-state index in [0.29, 0.717) is 16.6 Å². The maximum absolute atomic E-state index is 7.97. The Labute approximate surface area is 110 Å². The van der Waals surface area contributed by atoms with Gasteiger partial charge in [-0.1, -0.05) is 41.9 Å². The fourth-order valence-electron chi connectivity index (χ4n) is 1.49. The van der Waals surface area contributed by atoms with E-state index in [0.717, 1.165) is 5.56 Å². The highest BCUT2D eigenvalue weighted by Gasteiger charge is 2.08. The quantitative estimate of drug-likeness (QED) is 0.659. The van der Waals surface area contributed by atoms with Crippen molar-refractivity contribution in [2.75, 3.05) is 12.4 Å². The molecule has 1 aromatic heterocycles. The lowest BCUT2D eigenvalue weighted by atomic mass is 10.2. The first-order chi connectivity index (χ1) is 8.70. The molecule has 1 aromatic carbocycles. The van der Waals surface area contributed by atoms with Crippen molar-refractivity contribution in [3.8, 4) is 5.88 Å². The van der Waals surface area contributed by atoms with Crippen molar-refractivity contribution in [2.24, 2.45) is 0 Å². The molecule has 0 unspecified atom stereocenters.